The molecule has 0 amide bonds. The molecule has 0 radical (unpaired) electrons. The van der Waals surface area contributed by atoms with Crippen molar-refractivity contribution < 1.29 is 0 Å². The van der Waals surface area contributed by atoms with Gasteiger partial charge in [0, 0.05) is 11.8 Å². The molecule has 2 nitrogen and oxygen atoms in total. The summed E-state index contributed by atoms with van der Waals surface area (Å²) in [5.41, 5.74) is 2.82. The maximum absolute atomic E-state index is 9.49. The highest BCUT2D eigenvalue weighted by molar-refractivity contribution is 7.07. The fourth-order valence-corrected chi connectivity index (χ4v) is 3.42. The molecule has 0 atom stereocenters. The summed E-state index contributed by atoms with van der Waals surface area (Å²) >= 11 is 1.62. The molecule has 92 valence electrons. The summed E-state index contributed by atoms with van der Waals surface area (Å²) in [5.74, 6) is 1.57. The summed E-state index contributed by atoms with van der Waals surface area (Å²) in [6.07, 6.45) is 5.34. The summed E-state index contributed by atoms with van der Waals surface area (Å²) in [6, 6.07) is 2.58. The third kappa shape index (κ3) is 2.87. The third-order valence-corrected chi connectivity index (χ3v) is 4.81. The Morgan fingerprint density at radius 3 is 2.71 bits per heavy atom. The van der Waals surface area contributed by atoms with Crippen molar-refractivity contribution in [1.29, 1.82) is 5.26 Å². The van der Waals surface area contributed by atoms with E-state index in [1.807, 2.05) is 5.51 Å². The molecule has 0 saturated heterocycles. The highest BCUT2D eigenvalue weighted by Gasteiger charge is 2.36. The minimum absolute atomic E-state index is 0.139. The monoisotopic (exact) mass is 248 g/mol. The molecule has 1 aliphatic carbocycles. The molecule has 1 heterocycles. The van der Waals surface area contributed by atoms with Gasteiger partial charge in [0.05, 0.1) is 22.7 Å². The lowest BCUT2D eigenvalue weighted by atomic mass is 9.67. The van der Waals surface area contributed by atoms with Crippen LogP contribution in [0.15, 0.2) is 10.9 Å². The Hall–Kier alpha value is -0.880. The standard InChI is InChI=1S/C14H20N2S/c1-11(2)12-3-5-14(9-15,6-4-12)7-13-8-17-10-16-13/h8,10-12H,3-7H2,1-2H3. The number of rotatable bonds is 3. The van der Waals surface area contributed by atoms with E-state index < -0.39 is 0 Å². The first-order chi connectivity index (χ1) is 8.15. The number of nitrogens with zero attached hydrogens (tertiary/aromatic N) is 2. The van der Waals surface area contributed by atoms with E-state index in [2.05, 4.69) is 30.3 Å². The summed E-state index contributed by atoms with van der Waals surface area (Å²) in [7, 11) is 0. The molecule has 1 aromatic heterocycles. The van der Waals surface area contributed by atoms with Crippen molar-refractivity contribution in [2.75, 3.05) is 0 Å². The first-order valence-electron chi connectivity index (χ1n) is 6.43. The predicted octanol–water partition coefficient (Wildman–Crippen LogP) is 4.04. The van der Waals surface area contributed by atoms with Crippen molar-refractivity contribution in [3.8, 4) is 6.07 Å². The Labute approximate surface area is 108 Å². The maximum Gasteiger partial charge on any atom is 0.0794 e. The molecule has 1 aliphatic rings. The van der Waals surface area contributed by atoms with Crippen molar-refractivity contribution in [2.45, 2.75) is 46.0 Å². The summed E-state index contributed by atoms with van der Waals surface area (Å²) < 4.78 is 0. The van der Waals surface area contributed by atoms with Crippen LogP contribution < -0.4 is 0 Å². The fourth-order valence-electron chi connectivity index (χ4n) is 2.86. The van der Waals surface area contributed by atoms with Crippen molar-refractivity contribution in [3.05, 3.63) is 16.6 Å². The second kappa shape index (κ2) is 5.18. The Kier molecular flexibility index (Phi) is 3.83. The topological polar surface area (TPSA) is 36.7 Å². The largest absolute Gasteiger partial charge is 0.250 e. The predicted molar refractivity (Wildman–Crippen MR) is 70.7 cm³/mol. The van der Waals surface area contributed by atoms with Gasteiger partial charge in [0.1, 0.15) is 0 Å². The number of thiazole rings is 1. The zero-order valence-corrected chi connectivity index (χ0v) is 11.5. The van der Waals surface area contributed by atoms with E-state index in [0.29, 0.717) is 0 Å². The minimum atomic E-state index is -0.139. The highest BCUT2D eigenvalue weighted by atomic mass is 32.1. The van der Waals surface area contributed by atoms with Crippen LogP contribution in [-0.4, -0.2) is 4.98 Å². The van der Waals surface area contributed by atoms with E-state index in [4.69, 9.17) is 0 Å². The second-order valence-electron chi connectivity index (χ2n) is 5.63. The van der Waals surface area contributed by atoms with E-state index in [1.54, 1.807) is 11.3 Å². The molecule has 17 heavy (non-hydrogen) atoms. The normalized spacial score (nSPS) is 29.2. The van der Waals surface area contributed by atoms with Crippen LogP contribution in [0.3, 0.4) is 0 Å². The van der Waals surface area contributed by atoms with Gasteiger partial charge in [-0.05, 0) is 37.5 Å². The van der Waals surface area contributed by atoms with Crippen molar-refractivity contribution >= 4 is 11.3 Å². The van der Waals surface area contributed by atoms with E-state index in [0.717, 1.165) is 36.8 Å². The van der Waals surface area contributed by atoms with Gasteiger partial charge in [0.25, 0.3) is 0 Å². The average Bonchev–Trinajstić information content (AvgIpc) is 2.82. The molecule has 1 fully saturated rings. The molecule has 0 bridgehead atoms. The van der Waals surface area contributed by atoms with Crippen molar-refractivity contribution in [2.24, 2.45) is 17.3 Å². The number of hydrogen-bond acceptors (Lipinski definition) is 3. The smallest absolute Gasteiger partial charge is 0.0794 e. The minimum Gasteiger partial charge on any atom is -0.250 e. The van der Waals surface area contributed by atoms with Gasteiger partial charge in [0.2, 0.25) is 0 Å². The molecule has 1 saturated carbocycles. The Balaban J connectivity index is 2.01. The van der Waals surface area contributed by atoms with Gasteiger partial charge < -0.3 is 0 Å². The number of hydrogen-bond donors (Lipinski definition) is 0. The number of aromatic nitrogens is 1. The molecule has 0 spiro atoms. The zero-order valence-electron chi connectivity index (χ0n) is 10.6. The van der Waals surface area contributed by atoms with Gasteiger partial charge >= 0.3 is 0 Å². The van der Waals surface area contributed by atoms with Gasteiger partial charge in [-0.2, -0.15) is 5.26 Å². The lowest BCUT2D eigenvalue weighted by molar-refractivity contribution is 0.174. The number of nitriles is 1. The lowest BCUT2D eigenvalue weighted by Gasteiger charge is -2.36. The van der Waals surface area contributed by atoms with Gasteiger partial charge in [0.15, 0.2) is 0 Å². The molecule has 0 aromatic carbocycles. The van der Waals surface area contributed by atoms with Crippen molar-refractivity contribution in [1.82, 2.24) is 4.98 Å². The molecular formula is C14H20N2S. The third-order valence-electron chi connectivity index (χ3n) is 4.17. The van der Waals surface area contributed by atoms with Crippen LogP contribution in [0.2, 0.25) is 0 Å². The molecule has 0 N–H and O–H groups in total. The average molecular weight is 248 g/mol. The van der Waals surface area contributed by atoms with Crippen LogP contribution in [0.4, 0.5) is 0 Å². The van der Waals surface area contributed by atoms with Crippen molar-refractivity contribution in [3.63, 3.8) is 0 Å². The van der Waals surface area contributed by atoms with Crippen LogP contribution in [-0.2, 0) is 6.42 Å². The van der Waals surface area contributed by atoms with Crippen LogP contribution >= 0.6 is 11.3 Å². The van der Waals surface area contributed by atoms with Crippen LogP contribution in [0, 0.1) is 28.6 Å². The molecule has 0 unspecified atom stereocenters. The van der Waals surface area contributed by atoms with Crippen LogP contribution in [0.5, 0.6) is 0 Å². The first-order valence-corrected chi connectivity index (χ1v) is 7.38. The molecule has 0 aliphatic heterocycles. The van der Waals surface area contributed by atoms with Gasteiger partial charge in [-0.1, -0.05) is 13.8 Å². The summed E-state index contributed by atoms with van der Waals surface area (Å²) in [5, 5.41) is 11.6. The molecule has 3 heteroatoms. The summed E-state index contributed by atoms with van der Waals surface area (Å²) in [4.78, 5) is 4.32. The van der Waals surface area contributed by atoms with E-state index in [9.17, 15) is 5.26 Å². The van der Waals surface area contributed by atoms with E-state index in [-0.39, 0.29) is 5.41 Å². The van der Waals surface area contributed by atoms with E-state index >= 15 is 0 Å². The lowest BCUT2D eigenvalue weighted by Crippen LogP contribution is -2.30. The first kappa shape index (κ1) is 12.6. The Morgan fingerprint density at radius 2 is 2.24 bits per heavy atom. The van der Waals surface area contributed by atoms with Gasteiger partial charge in [-0.15, -0.1) is 11.3 Å². The summed E-state index contributed by atoms with van der Waals surface area (Å²) in [6.45, 7) is 4.59. The van der Waals surface area contributed by atoms with E-state index in [1.165, 1.54) is 12.8 Å². The quantitative estimate of drug-likeness (QED) is 0.809. The Morgan fingerprint density at radius 1 is 1.53 bits per heavy atom. The van der Waals surface area contributed by atoms with Gasteiger partial charge in [-0.25, -0.2) is 4.98 Å². The Bertz CT molecular complexity index is 381. The van der Waals surface area contributed by atoms with Gasteiger partial charge in [-0.3, -0.25) is 0 Å². The van der Waals surface area contributed by atoms with Crippen LogP contribution in [0.1, 0.15) is 45.2 Å². The maximum atomic E-state index is 9.49. The molecular weight excluding hydrogens is 228 g/mol. The fraction of sp³-hybridized carbons (Fsp3) is 0.714. The molecule has 2 rings (SSSR count). The molecule has 1 aromatic rings. The zero-order chi connectivity index (χ0) is 12.3. The van der Waals surface area contributed by atoms with Crippen LogP contribution in [0.25, 0.3) is 0 Å². The second-order valence-corrected chi connectivity index (χ2v) is 6.35. The highest BCUT2D eigenvalue weighted by Crippen LogP contribution is 2.43. The SMILES string of the molecule is CC(C)C1CCC(C#N)(Cc2cscn2)CC1.